The number of fused-ring (bicyclic) bond motifs is 1. The molecule has 0 saturated heterocycles. The highest BCUT2D eigenvalue weighted by molar-refractivity contribution is 9.11. The summed E-state index contributed by atoms with van der Waals surface area (Å²) in [6.45, 7) is 0. The lowest BCUT2D eigenvalue weighted by Crippen LogP contribution is -1.95. The van der Waals surface area contributed by atoms with Crippen molar-refractivity contribution in [2.75, 3.05) is 0 Å². The van der Waals surface area contributed by atoms with E-state index in [2.05, 4.69) is 36.4 Å². The summed E-state index contributed by atoms with van der Waals surface area (Å²) >= 11 is 7.62. The van der Waals surface area contributed by atoms with Gasteiger partial charge in [0.2, 0.25) is 5.16 Å². The Hall–Kier alpha value is -1.89. The number of hydrogen-bond donors (Lipinski definition) is 0. The van der Waals surface area contributed by atoms with Crippen LogP contribution in [0.15, 0.2) is 43.6 Å². The maximum absolute atomic E-state index is 10.9. The predicted octanol–water partition coefficient (Wildman–Crippen LogP) is 4.16. The predicted molar refractivity (Wildman–Crippen MR) is 95.1 cm³/mol. The second-order valence-corrected chi connectivity index (χ2v) is 9.13. The second-order valence-electron chi connectivity index (χ2n) is 4.44. The third-order valence-corrected chi connectivity index (χ3v) is 6.57. The number of non-ortho nitro benzene ring substituents is 1. The third kappa shape index (κ3) is 2.92. The van der Waals surface area contributed by atoms with E-state index in [1.54, 1.807) is 10.7 Å². The van der Waals surface area contributed by atoms with Crippen molar-refractivity contribution >= 4 is 66.3 Å². The van der Waals surface area contributed by atoms with Crippen molar-refractivity contribution in [3.05, 3.63) is 44.2 Å². The van der Waals surface area contributed by atoms with E-state index in [1.165, 1.54) is 46.6 Å². The molecule has 4 rings (SSSR count). The van der Waals surface area contributed by atoms with Gasteiger partial charge >= 0.3 is 0 Å². The smallest absolute Gasteiger partial charge is 0.258 e. The lowest BCUT2D eigenvalue weighted by atomic mass is 10.3. The summed E-state index contributed by atoms with van der Waals surface area (Å²) in [6, 6.07) is 8.46. The number of aromatic nitrogens is 5. The van der Waals surface area contributed by atoms with Gasteiger partial charge in [0.1, 0.15) is 5.00 Å². The fourth-order valence-electron chi connectivity index (χ4n) is 1.93. The van der Waals surface area contributed by atoms with Gasteiger partial charge in [-0.1, -0.05) is 0 Å². The first kappa shape index (κ1) is 15.6. The second kappa shape index (κ2) is 6.20. The van der Waals surface area contributed by atoms with Crippen LogP contribution in [0.5, 0.6) is 0 Å². The summed E-state index contributed by atoms with van der Waals surface area (Å²) in [5, 5.41) is 24.1. The number of benzene rings is 1. The van der Waals surface area contributed by atoms with Crippen molar-refractivity contribution in [1.82, 2.24) is 25.2 Å². The Morgan fingerprint density at radius 3 is 2.88 bits per heavy atom. The minimum Gasteiger partial charge on any atom is -0.258 e. The summed E-state index contributed by atoms with van der Waals surface area (Å²) in [5.41, 5.74) is 0.766. The van der Waals surface area contributed by atoms with Gasteiger partial charge in [-0.25, -0.2) is 4.98 Å². The van der Waals surface area contributed by atoms with Gasteiger partial charge < -0.3 is 0 Å². The van der Waals surface area contributed by atoms with Crippen molar-refractivity contribution in [3.63, 3.8) is 0 Å². The normalized spacial score (nSPS) is 11.2. The molecule has 0 aliphatic heterocycles. The number of halogens is 1. The van der Waals surface area contributed by atoms with Crippen LogP contribution in [0.1, 0.15) is 0 Å². The van der Waals surface area contributed by atoms with Crippen LogP contribution in [0.2, 0.25) is 0 Å². The number of thiazole rings is 1. The number of nitro benzene ring substituents is 1. The number of tetrazole rings is 1. The molecule has 0 N–H and O–H groups in total. The first-order valence-corrected chi connectivity index (χ1v) is 9.61. The van der Waals surface area contributed by atoms with Crippen molar-refractivity contribution in [3.8, 4) is 5.00 Å². The molecule has 0 saturated carbocycles. The van der Waals surface area contributed by atoms with Crippen molar-refractivity contribution in [2.24, 2.45) is 0 Å². The summed E-state index contributed by atoms with van der Waals surface area (Å²) in [7, 11) is 0. The van der Waals surface area contributed by atoms with E-state index in [0.29, 0.717) is 10.7 Å². The number of thiophene rings is 1. The van der Waals surface area contributed by atoms with Gasteiger partial charge in [0.15, 0.2) is 4.34 Å². The minimum atomic E-state index is -0.416. The van der Waals surface area contributed by atoms with Crippen LogP contribution >= 0.6 is 50.4 Å². The number of nitrogens with zero attached hydrogens (tertiary/aromatic N) is 6. The van der Waals surface area contributed by atoms with E-state index in [1.807, 2.05) is 12.1 Å². The number of hydrogen-bond acceptors (Lipinski definition) is 9. The molecule has 0 aliphatic carbocycles. The molecule has 0 aliphatic rings. The molecule has 24 heavy (non-hydrogen) atoms. The average molecular weight is 441 g/mol. The quantitative estimate of drug-likeness (QED) is 0.346. The zero-order valence-corrected chi connectivity index (χ0v) is 15.5. The van der Waals surface area contributed by atoms with E-state index in [4.69, 9.17) is 0 Å². The molecule has 3 aromatic heterocycles. The van der Waals surface area contributed by atoms with Crippen LogP contribution in [-0.2, 0) is 0 Å². The number of nitro groups is 1. The summed E-state index contributed by atoms with van der Waals surface area (Å²) in [6.07, 6.45) is 0. The standard InChI is InChI=1S/C12H5BrN6O2S3/c13-9-3-4-10(23-9)18-11(15-16-17-18)24-12-14-7-2-1-6(19(20)21)5-8(7)22-12/h1-5H. The van der Waals surface area contributed by atoms with E-state index >= 15 is 0 Å². The van der Waals surface area contributed by atoms with E-state index in [-0.39, 0.29) is 5.69 Å². The highest BCUT2D eigenvalue weighted by atomic mass is 79.9. The number of rotatable bonds is 4. The van der Waals surface area contributed by atoms with Crippen LogP contribution in [0.3, 0.4) is 0 Å². The maximum Gasteiger partial charge on any atom is 0.270 e. The Kier molecular flexibility index (Phi) is 4.04. The minimum absolute atomic E-state index is 0.0518. The van der Waals surface area contributed by atoms with Crippen LogP contribution in [0, 0.1) is 10.1 Å². The van der Waals surface area contributed by atoms with Crippen molar-refractivity contribution in [2.45, 2.75) is 9.50 Å². The molecule has 3 heterocycles. The topological polar surface area (TPSA) is 99.6 Å². The van der Waals surface area contributed by atoms with Crippen molar-refractivity contribution in [1.29, 1.82) is 0 Å². The zero-order valence-electron chi connectivity index (χ0n) is 11.5. The van der Waals surface area contributed by atoms with Gasteiger partial charge in [-0.2, -0.15) is 4.68 Å². The van der Waals surface area contributed by atoms with Gasteiger partial charge in [-0.15, -0.1) is 27.8 Å². The van der Waals surface area contributed by atoms with E-state index < -0.39 is 4.92 Å². The largest absolute Gasteiger partial charge is 0.270 e. The molecular weight excluding hydrogens is 436 g/mol. The lowest BCUT2D eigenvalue weighted by molar-refractivity contribution is -0.384. The molecule has 8 nitrogen and oxygen atoms in total. The summed E-state index contributed by atoms with van der Waals surface area (Å²) < 4.78 is 4.09. The Morgan fingerprint density at radius 2 is 2.12 bits per heavy atom. The maximum atomic E-state index is 10.9. The first-order valence-electron chi connectivity index (χ1n) is 6.37. The molecule has 0 unspecified atom stereocenters. The molecule has 12 heteroatoms. The lowest BCUT2D eigenvalue weighted by Gasteiger charge is -1.98. The molecule has 0 bridgehead atoms. The Bertz CT molecular complexity index is 1060. The van der Waals surface area contributed by atoms with E-state index in [0.717, 1.165) is 17.8 Å². The van der Waals surface area contributed by atoms with Gasteiger partial charge in [0.05, 0.1) is 18.9 Å². The van der Waals surface area contributed by atoms with Crippen molar-refractivity contribution < 1.29 is 4.92 Å². The summed E-state index contributed by atoms with van der Waals surface area (Å²) in [4.78, 5) is 14.9. The van der Waals surface area contributed by atoms with Gasteiger partial charge in [-0.05, 0) is 56.3 Å². The van der Waals surface area contributed by atoms with Gasteiger partial charge in [0, 0.05) is 12.1 Å². The SMILES string of the molecule is O=[N+]([O-])c1ccc2nc(Sc3nnnn3-c3ccc(Br)s3)sc2c1. The molecular formula is C12H5BrN6O2S3. The van der Waals surface area contributed by atoms with Crippen LogP contribution in [0.4, 0.5) is 5.69 Å². The van der Waals surface area contributed by atoms with Crippen LogP contribution in [-0.4, -0.2) is 30.1 Å². The molecule has 0 radical (unpaired) electrons. The molecule has 120 valence electrons. The highest BCUT2D eigenvalue weighted by Crippen LogP contribution is 2.36. The highest BCUT2D eigenvalue weighted by Gasteiger charge is 2.16. The molecule has 0 spiro atoms. The van der Waals surface area contributed by atoms with Gasteiger partial charge in [-0.3, -0.25) is 10.1 Å². The Labute approximate surface area is 154 Å². The third-order valence-electron chi connectivity index (χ3n) is 2.95. The van der Waals surface area contributed by atoms with Crippen LogP contribution < -0.4 is 0 Å². The first-order chi connectivity index (χ1) is 11.6. The Morgan fingerprint density at radius 1 is 1.25 bits per heavy atom. The summed E-state index contributed by atoms with van der Waals surface area (Å²) in [5.74, 6) is 0. The van der Waals surface area contributed by atoms with Crippen LogP contribution in [0.25, 0.3) is 15.2 Å². The molecule has 0 atom stereocenters. The Balaban J connectivity index is 1.68. The fourth-order valence-corrected chi connectivity index (χ4v) is 5.28. The molecule has 0 amide bonds. The molecule has 0 fully saturated rings. The average Bonchev–Trinajstić information content (AvgIpc) is 3.25. The zero-order chi connectivity index (χ0) is 16.7. The molecule has 4 aromatic rings. The fraction of sp³-hybridized carbons (Fsp3) is 0. The van der Waals surface area contributed by atoms with E-state index in [9.17, 15) is 10.1 Å². The molecule has 1 aromatic carbocycles. The van der Waals surface area contributed by atoms with Gasteiger partial charge in [0.25, 0.3) is 5.69 Å². The monoisotopic (exact) mass is 440 g/mol.